The van der Waals surface area contributed by atoms with E-state index in [2.05, 4.69) is 34.1 Å². The van der Waals surface area contributed by atoms with Crippen molar-refractivity contribution < 1.29 is 9.59 Å². The molecule has 0 unspecified atom stereocenters. The number of nitrogens with zero attached hydrogens (tertiary/aromatic N) is 2. The van der Waals surface area contributed by atoms with Crippen LogP contribution in [0.1, 0.15) is 22.5 Å². The van der Waals surface area contributed by atoms with E-state index < -0.39 is 11.8 Å². The molecule has 1 saturated heterocycles. The third-order valence-corrected chi connectivity index (χ3v) is 5.46. The van der Waals surface area contributed by atoms with Crippen LogP contribution in [-0.2, 0) is 9.59 Å². The van der Waals surface area contributed by atoms with Gasteiger partial charge in [-0.1, -0.05) is 35.9 Å². The molecule has 3 aromatic rings. The smallest absolute Gasteiger partial charge is 0.270 e. The fourth-order valence-corrected chi connectivity index (χ4v) is 3.93. The Labute approximate surface area is 180 Å². The second-order valence-electron chi connectivity index (χ2n) is 7.29. The first-order chi connectivity index (χ1) is 14.4. The molecular formula is C24H21N3O2S. The first kappa shape index (κ1) is 19.8. The number of rotatable bonds is 3. The van der Waals surface area contributed by atoms with Crippen LogP contribution < -0.4 is 10.2 Å². The predicted octanol–water partition coefficient (Wildman–Crippen LogP) is 4.23. The Hall–Kier alpha value is -3.51. The lowest BCUT2D eigenvalue weighted by Gasteiger charge is -2.28. The lowest BCUT2D eigenvalue weighted by Crippen LogP contribution is -2.54. The van der Waals surface area contributed by atoms with Gasteiger partial charge in [-0.3, -0.25) is 19.8 Å². The zero-order chi connectivity index (χ0) is 21.4. The Morgan fingerprint density at radius 3 is 2.23 bits per heavy atom. The Kier molecular flexibility index (Phi) is 5.10. The van der Waals surface area contributed by atoms with Gasteiger partial charge in [0.1, 0.15) is 5.57 Å². The maximum atomic E-state index is 13.2. The minimum Gasteiger partial charge on any atom is -0.318 e. The average Bonchev–Trinajstić information content (AvgIpc) is 3.00. The quantitative estimate of drug-likeness (QED) is 0.396. The lowest BCUT2D eigenvalue weighted by atomic mass is 10.1. The number of aryl methyl sites for hydroxylation is 2. The SMILES string of the molecule is Cc1ccc(-n2c(C)cc(/C=C3/C(=O)NC(=S)N(c4ccccc4)C3=O)c2C)cc1. The summed E-state index contributed by atoms with van der Waals surface area (Å²) in [4.78, 5) is 27.1. The van der Waals surface area contributed by atoms with E-state index in [1.807, 2.05) is 45.0 Å². The molecule has 2 amide bonds. The molecule has 1 aliphatic rings. The molecule has 30 heavy (non-hydrogen) atoms. The van der Waals surface area contributed by atoms with Gasteiger partial charge in [-0.2, -0.15) is 0 Å². The minimum absolute atomic E-state index is 0.0524. The van der Waals surface area contributed by atoms with Gasteiger partial charge in [-0.05, 0) is 75.0 Å². The summed E-state index contributed by atoms with van der Waals surface area (Å²) in [5.74, 6) is -0.924. The molecule has 0 saturated carbocycles. The van der Waals surface area contributed by atoms with Gasteiger partial charge in [0.05, 0.1) is 5.69 Å². The number of hydrogen-bond donors (Lipinski definition) is 1. The monoisotopic (exact) mass is 415 g/mol. The average molecular weight is 416 g/mol. The normalized spacial score (nSPS) is 15.6. The molecule has 1 aliphatic heterocycles. The predicted molar refractivity (Wildman–Crippen MR) is 123 cm³/mol. The molecule has 0 bridgehead atoms. The summed E-state index contributed by atoms with van der Waals surface area (Å²) in [5.41, 5.74) is 5.66. The number of thiocarbonyl (C=S) groups is 1. The van der Waals surface area contributed by atoms with E-state index in [9.17, 15) is 9.59 Å². The van der Waals surface area contributed by atoms with Crippen LogP contribution >= 0.6 is 12.2 Å². The number of carbonyl (C=O) groups is 2. The first-order valence-electron chi connectivity index (χ1n) is 9.59. The number of aromatic nitrogens is 1. The highest BCUT2D eigenvalue weighted by molar-refractivity contribution is 7.80. The van der Waals surface area contributed by atoms with Gasteiger partial charge >= 0.3 is 0 Å². The van der Waals surface area contributed by atoms with Crippen LogP contribution in [0.25, 0.3) is 11.8 Å². The van der Waals surface area contributed by atoms with Gasteiger partial charge in [-0.15, -0.1) is 0 Å². The highest BCUT2D eigenvalue weighted by Gasteiger charge is 2.34. The Balaban J connectivity index is 1.76. The Morgan fingerprint density at radius 1 is 0.900 bits per heavy atom. The topological polar surface area (TPSA) is 54.3 Å². The summed E-state index contributed by atoms with van der Waals surface area (Å²) in [6.45, 7) is 6.03. The largest absolute Gasteiger partial charge is 0.318 e. The van der Waals surface area contributed by atoms with Crippen molar-refractivity contribution in [3.63, 3.8) is 0 Å². The molecule has 6 heteroatoms. The molecule has 150 valence electrons. The van der Waals surface area contributed by atoms with E-state index in [1.165, 1.54) is 10.5 Å². The van der Waals surface area contributed by atoms with E-state index in [1.54, 1.807) is 18.2 Å². The van der Waals surface area contributed by atoms with Gasteiger partial charge in [0.25, 0.3) is 11.8 Å². The molecule has 1 aromatic heterocycles. The summed E-state index contributed by atoms with van der Waals surface area (Å²) in [7, 11) is 0. The van der Waals surface area contributed by atoms with Crippen LogP contribution in [-0.4, -0.2) is 21.5 Å². The maximum Gasteiger partial charge on any atom is 0.270 e. The third kappa shape index (κ3) is 3.46. The van der Waals surface area contributed by atoms with Gasteiger partial charge in [0.15, 0.2) is 5.11 Å². The molecule has 1 N–H and O–H groups in total. The fraction of sp³-hybridized carbons (Fsp3) is 0.125. The van der Waals surface area contributed by atoms with Gasteiger partial charge < -0.3 is 4.57 Å². The third-order valence-electron chi connectivity index (χ3n) is 5.18. The van der Waals surface area contributed by atoms with Gasteiger partial charge in [0.2, 0.25) is 0 Å². The van der Waals surface area contributed by atoms with E-state index in [4.69, 9.17) is 12.2 Å². The van der Waals surface area contributed by atoms with E-state index in [0.29, 0.717) is 5.69 Å². The molecule has 5 nitrogen and oxygen atoms in total. The number of hydrogen-bond acceptors (Lipinski definition) is 3. The Bertz CT molecular complexity index is 1190. The summed E-state index contributed by atoms with van der Waals surface area (Å²) >= 11 is 5.25. The molecule has 0 spiro atoms. The zero-order valence-electron chi connectivity index (χ0n) is 17.0. The fourth-order valence-electron chi connectivity index (χ4n) is 3.65. The van der Waals surface area contributed by atoms with Crippen molar-refractivity contribution in [2.24, 2.45) is 0 Å². The molecule has 1 fully saturated rings. The summed E-state index contributed by atoms with van der Waals surface area (Å²) < 4.78 is 2.11. The van der Waals surface area contributed by atoms with Crippen LogP contribution in [0.2, 0.25) is 0 Å². The van der Waals surface area contributed by atoms with Crippen molar-refractivity contribution in [3.05, 3.63) is 88.8 Å². The van der Waals surface area contributed by atoms with Crippen molar-refractivity contribution in [2.45, 2.75) is 20.8 Å². The van der Waals surface area contributed by atoms with Crippen molar-refractivity contribution in [3.8, 4) is 5.69 Å². The van der Waals surface area contributed by atoms with Crippen molar-refractivity contribution >= 4 is 40.9 Å². The van der Waals surface area contributed by atoms with Crippen molar-refractivity contribution in [1.82, 2.24) is 9.88 Å². The molecule has 0 atom stereocenters. The number of nitrogens with one attached hydrogen (secondary N) is 1. The van der Waals surface area contributed by atoms with Crippen molar-refractivity contribution in [2.75, 3.05) is 4.90 Å². The molecule has 2 aromatic carbocycles. The van der Waals surface area contributed by atoms with Crippen LogP contribution in [0.3, 0.4) is 0 Å². The number of para-hydroxylation sites is 1. The molecular weight excluding hydrogens is 394 g/mol. The second kappa shape index (κ2) is 7.72. The van der Waals surface area contributed by atoms with Crippen LogP contribution in [0, 0.1) is 20.8 Å². The second-order valence-corrected chi connectivity index (χ2v) is 7.68. The first-order valence-corrected chi connectivity index (χ1v) is 10.00. The van der Waals surface area contributed by atoms with Crippen LogP contribution in [0.4, 0.5) is 5.69 Å². The number of benzene rings is 2. The highest BCUT2D eigenvalue weighted by Crippen LogP contribution is 2.26. The number of amides is 2. The van der Waals surface area contributed by atoms with E-state index >= 15 is 0 Å². The summed E-state index contributed by atoms with van der Waals surface area (Å²) in [6.07, 6.45) is 1.64. The minimum atomic E-state index is -0.489. The molecule has 0 aliphatic carbocycles. The lowest BCUT2D eigenvalue weighted by molar-refractivity contribution is -0.122. The van der Waals surface area contributed by atoms with Gasteiger partial charge in [0, 0.05) is 17.1 Å². The molecule has 4 rings (SSSR count). The standard InChI is InChI=1S/C24H21N3O2S/c1-15-9-11-20(12-10-15)26-16(2)13-18(17(26)3)14-21-22(28)25-24(30)27(23(21)29)19-7-5-4-6-8-19/h4-14H,1-3H3,(H,25,28,30)/b21-14-. The maximum absolute atomic E-state index is 13.2. The van der Waals surface area contributed by atoms with Crippen LogP contribution in [0.15, 0.2) is 66.2 Å². The van der Waals surface area contributed by atoms with Crippen molar-refractivity contribution in [1.29, 1.82) is 0 Å². The number of anilines is 1. The highest BCUT2D eigenvalue weighted by atomic mass is 32.1. The van der Waals surface area contributed by atoms with Crippen LogP contribution in [0.5, 0.6) is 0 Å². The summed E-state index contributed by atoms with van der Waals surface area (Å²) in [6, 6.07) is 19.3. The van der Waals surface area contributed by atoms with E-state index in [-0.39, 0.29) is 10.7 Å². The van der Waals surface area contributed by atoms with E-state index in [0.717, 1.165) is 22.6 Å². The molecule has 0 radical (unpaired) electrons. The summed E-state index contributed by atoms with van der Waals surface area (Å²) in [5, 5.41) is 2.71. The zero-order valence-corrected chi connectivity index (χ0v) is 17.8. The Morgan fingerprint density at radius 2 is 1.57 bits per heavy atom. The molecule has 2 heterocycles. The van der Waals surface area contributed by atoms with Gasteiger partial charge in [-0.25, -0.2) is 0 Å². The number of carbonyl (C=O) groups excluding carboxylic acids is 2.